The topological polar surface area (TPSA) is 37.3 Å². The summed E-state index contributed by atoms with van der Waals surface area (Å²) in [5, 5.41) is 2.20. The maximum Gasteiger partial charge on any atom is 0.188 e. The van der Waals surface area contributed by atoms with Gasteiger partial charge in [-0.05, 0) is 22.9 Å². The van der Waals surface area contributed by atoms with E-state index in [1.54, 1.807) is 12.1 Å². The standard InChI is InChI=1S/C10H7ClO2S/c11-9-5-7-3-1-2-4-8(7)6-10(9)14(12)13/h1-6H,(H,12,13). The Morgan fingerprint density at radius 2 is 1.71 bits per heavy atom. The summed E-state index contributed by atoms with van der Waals surface area (Å²) in [6, 6.07) is 10.9. The van der Waals surface area contributed by atoms with Crippen molar-refractivity contribution in [2.45, 2.75) is 4.90 Å². The Kier molecular flexibility index (Phi) is 2.54. The number of rotatable bonds is 1. The van der Waals surface area contributed by atoms with Gasteiger partial charge in [0.1, 0.15) is 0 Å². The predicted octanol–water partition coefficient (Wildman–Crippen LogP) is 3.07. The molecular weight excluding hydrogens is 220 g/mol. The van der Waals surface area contributed by atoms with Crippen LogP contribution in [0, 0.1) is 0 Å². The lowest BCUT2D eigenvalue weighted by Crippen LogP contribution is -1.89. The van der Waals surface area contributed by atoms with Crippen LogP contribution in [-0.4, -0.2) is 8.76 Å². The summed E-state index contributed by atoms with van der Waals surface area (Å²) in [6.07, 6.45) is 0. The van der Waals surface area contributed by atoms with Gasteiger partial charge in [-0.15, -0.1) is 0 Å². The Balaban J connectivity index is 2.77. The van der Waals surface area contributed by atoms with Crippen LogP contribution in [-0.2, 0) is 11.1 Å². The zero-order valence-corrected chi connectivity index (χ0v) is 8.68. The molecule has 0 saturated carbocycles. The summed E-state index contributed by atoms with van der Waals surface area (Å²) in [6.45, 7) is 0. The van der Waals surface area contributed by atoms with E-state index >= 15 is 0 Å². The first-order valence-corrected chi connectivity index (χ1v) is 5.46. The van der Waals surface area contributed by atoms with Crippen molar-refractivity contribution in [3.63, 3.8) is 0 Å². The Morgan fingerprint density at radius 3 is 2.29 bits per heavy atom. The molecule has 0 fully saturated rings. The third-order valence-corrected chi connectivity index (χ3v) is 3.13. The van der Waals surface area contributed by atoms with E-state index in [2.05, 4.69) is 0 Å². The first kappa shape index (κ1) is 9.65. The van der Waals surface area contributed by atoms with Gasteiger partial charge in [0, 0.05) is 0 Å². The fourth-order valence-electron chi connectivity index (χ4n) is 1.33. The van der Waals surface area contributed by atoms with E-state index in [0.29, 0.717) is 5.02 Å². The quantitative estimate of drug-likeness (QED) is 0.759. The summed E-state index contributed by atoms with van der Waals surface area (Å²) in [4.78, 5) is 0.255. The molecule has 0 aromatic heterocycles. The van der Waals surface area contributed by atoms with Crippen molar-refractivity contribution in [1.82, 2.24) is 0 Å². The highest BCUT2D eigenvalue weighted by molar-refractivity contribution is 7.79. The van der Waals surface area contributed by atoms with Gasteiger partial charge in [0.05, 0.1) is 9.92 Å². The SMILES string of the molecule is O=S(O)c1cc2ccccc2cc1Cl. The summed E-state index contributed by atoms with van der Waals surface area (Å²) in [5.41, 5.74) is 0. The normalized spacial score (nSPS) is 13.0. The molecule has 0 spiro atoms. The Morgan fingerprint density at radius 1 is 1.14 bits per heavy atom. The average molecular weight is 227 g/mol. The van der Waals surface area contributed by atoms with Crippen LogP contribution in [0.2, 0.25) is 5.02 Å². The van der Waals surface area contributed by atoms with Crippen LogP contribution in [0.15, 0.2) is 41.3 Å². The second-order valence-corrected chi connectivity index (χ2v) is 4.22. The van der Waals surface area contributed by atoms with Gasteiger partial charge in [0.25, 0.3) is 0 Å². The van der Waals surface area contributed by atoms with Crippen LogP contribution in [0.3, 0.4) is 0 Å². The molecule has 0 amide bonds. The molecule has 0 aliphatic rings. The molecule has 2 aromatic rings. The first-order valence-electron chi connectivity index (χ1n) is 3.97. The second-order valence-electron chi connectivity index (χ2n) is 2.88. The van der Waals surface area contributed by atoms with E-state index in [1.807, 2.05) is 24.3 Å². The van der Waals surface area contributed by atoms with Crippen molar-refractivity contribution >= 4 is 33.5 Å². The number of benzene rings is 2. The smallest absolute Gasteiger partial charge is 0.188 e. The molecule has 0 heterocycles. The fourth-order valence-corrected chi connectivity index (χ4v) is 2.15. The van der Waals surface area contributed by atoms with Crippen LogP contribution >= 0.6 is 11.6 Å². The van der Waals surface area contributed by atoms with Crippen LogP contribution in [0.4, 0.5) is 0 Å². The summed E-state index contributed by atoms with van der Waals surface area (Å²) in [7, 11) is 0. The number of fused-ring (bicyclic) bond motifs is 1. The van der Waals surface area contributed by atoms with E-state index in [1.165, 1.54) is 0 Å². The predicted molar refractivity (Wildman–Crippen MR) is 58.0 cm³/mol. The van der Waals surface area contributed by atoms with Crippen molar-refractivity contribution in [3.8, 4) is 0 Å². The van der Waals surface area contributed by atoms with E-state index in [0.717, 1.165) is 10.8 Å². The zero-order valence-electron chi connectivity index (χ0n) is 7.11. The van der Waals surface area contributed by atoms with Crippen LogP contribution in [0.25, 0.3) is 10.8 Å². The molecule has 2 aromatic carbocycles. The van der Waals surface area contributed by atoms with Gasteiger partial charge in [-0.1, -0.05) is 35.9 Å². The Hall–Kier alpha value is -0.900. The maximum atomic E-state index is 10.9. The van der Waals surface area contributed by atoms with Gasteiger partial charge in [-0.25, -0.2) is 4.21 Å². The minimum atomic E-state index is -2.03. The minimum absolute atomic E-state index is 0.255. The Labute approximate surface area is 88.8 Å². The van der Waals surface area contributed by atoms with Crippen molar-refractivity contribution < 1.29 is 8.76 Å². The van der Waals surface area contributed by atoms with E-state index in [9.17, 15) is 4.21 Å². The lowest BCUT2D eigenvalue weighted by molar-refractivity contribution is 0.564. The zero-order chi connectivity index (χ0) is 10.1. The molecule has 1 atom stereocenters. The first-order chi connectivity index (χ1) is 6.68. The van der Waals surface area contributed by atoms with Gasteiger partial charge < -0.3 is 4.55 Å². The van der Waals surface area contributed by atoms with E-state index in [-0.39, 0.29) is 4.90 Å². The molecule has 14 heavy (non-hydrogen) atoms. The van der Waals surface area contributed by atoms with Crippen LogP contribution in [0.1, 0.15) is 0 Å². The number of hydrogen-bond acceptors (Lipinski definition) is 1. The molecular formula is C10H7ClO2S. The van der Waals surface area contributed by atoms with Gasteiger partial charge in [0.15, 0.2) is 11.1 Å². The van der Waals surface area contributed by atoms with Crippen molar-refractivity contribution in [2.75, 3.05) is 0 Å². The third-order valence-electron chi connectivity index (χ3n) is 1.99. The second kappa shape index (κ2) is 3.69. The Bertz CT molecular complexity index is 510. The van der Waals surface area contributed by atoms with Gasteiger partial charge in [0.2, 0.25) is 0 Å². The van der Waals surface area contributed by atoms with Gasteiger partial charge in [-0.3, -0.25) is 0 Å². The van der Waals surface area contributed by atoms with Crippen molar-refractivity contribution in [3.05, 3.63) is 41.4 Å². The molecule has 1 N–H and O–H groups in total. The molecule has 2 nitrogen and oxygen atoms in total. The highest BCUT2D eigenvalue weighted by Gasteiger charge is 2.07. The maximum absolute atomic E-state index is 10.9. The molecule has 72 valence electrons. The summed E-state index contributed by atoms with van der Waals surface area (Å²) < 4.78 is 19.8. The molecule has 0 saturated heterocycles. The molecule has 4 heteroatoms. The largest absolute Gasteiger partial charge is 0.302 e. The van der Waals surface area contributed by atoms with Crippen LogP contribution < -0.4 is 0 Å². The van der Waals surface area contributed by atoms with Gasteiger partial charge in [-0.2, -0.15) is 0 Å². The summed E-state index contributed by atoms with van der Waals surface area (Å²) in [5.74, 6) is 0. The monoisotopic (exact) mass is 226 g/mol. The fraction of sp³-hybridized carbons (Fsp3) is 0. The summed E-state index contributed by atoms with van der Waals surface area (Å²) >= 11 is 3.82. The molecule has 0 radical (unpaired) electrons. The minimum Gasteiger partial charge on any atom is -0.302 e. The molecule has 0 bridgehead atoms. The van der Waals surface area contributed by atoms with Crippen LogP contribution in [0.5, 0.6) is 0 Å². The van der Waals surface area contributed by atoms with Crippen molar-refractivity contribution in [2.24, 2.45) is 0 Å². The highest BCUT2D eigenvalue weighted by atomic mass is 35.5. The van der Waals surface area contributed by atoms with Gasteiger partial charge >= 0.3 is 0 Å². The van der Waals surface area contributed by atoms with Crippen molar-refractivity contribution in [1.29, 1.82) is 0 Å². The number of halogens is 1. The lowest BCUT2D eigenvalue weighted by Gasteiger charge is -2.02. The van der Waals surface area contributed by atoms with E-state index < -0.39 is 11.1 Å². The molecule has 0 aliphatic heterocycles. The highest BCUT2D eigenvalue weighted by Crippen LogP contribution is 2.25. The molecule has 2 rings (SSSR count). The molecule has 0 aliphatic carbocycles. The third kappa shape index (κ3) is 1.66. The van der Waals surface area contributed by atoms with E-state index in [4.69, 9.17) is 16.2 Å². The average Bonchev–Trinajstić information content (AvgIpc) is 2.16. The lowest BCUT2D eigenvalue weighted by atomic mass is 10.1. The number of hydrogen-bond donors (Lipinski definition) is 1. The molecule has 1 unspecified atom stereocenters.